The normalized spacial score (nSPS) is 12.5. The predicted molar refractivity (Wildman–Crippen MR) is 104 cm³/mol. The number of hydrogen-bond acceptors (Lipinski definition) is 1. The van der Waals surface area contributed by atoms with Crippen LogP contribution in [-0.4, -0.2) is 16.5 Å². The highest BCUT2D eigenvalue weighted by Gasteiger charge is 2.22. The molecule has 3 rings (SSSR count). The lowest BCUT2D eigenvalue weighted by atomic mass is 9.88. The molecule has 0 radical (unpaired) electrons. The molecule has 0 saturated heterocycles. The average molecular weight is 352 g/mol. The molecule has 3 nitrogen and oxygen atoms in total. The van der Waals surface area contributed by atoms with E-state index in [0.717, 1.165) is 28.6 Å². The van der Waals surface area contributed by atoms with E-state index in [1.54, 1.807) is 12.1 Å². The highest BCUT2D eigenvalue weighted by atomic mass is 19.1. The number of nitrogens with one attached hydrogen (secondary N) is 1. The molecule has 0 bridgehead atoms. The van der Waals surface area contributed by atoms with Gasteiger partial charge < -0.3 is 9.88 Å². The molecule has 0 saturated carbocycles. The first-order valence-corrected chi connectivity index (χ1v) is 9.12. The van der Waals surface area contributed by atoms with Crippen molar-refractivity contribution >= 4 is 16.8 Å². The van der Waals surface area contributed by atoms with E-state index in [2.05, 4.69) is 35.1 Å². The Hall–Kier alpha value is -2.62. The van der Waals surface area contributed by atoms with Crippen LogP contribution < -0.4 is 5.32 Å². The molecule has 0 aliphatic carbocycles. The van der Waals surface area contributed by atoms with Crippen molar-refractivity contribution < 1.29 is 9.18 Å². The van der Waals surface area contributed by atoms with E-state index in [1.807, 2.05) is 26.0 Å². The number of rotatable bonds is 6. The van der Waals surface area contributed by atoms with Crippen molar-refractivity contribution in [3.05, 3.63) is 71.7 Å². The number of aryl methyl sites for hydroxylation is 1. The first kappa shape index (κ1) is 18.2. The fourth-order valence-electron chi connectivity index (χ4n) is 3.48. The van der Waals surface area contributed by atoms with Gasteiger partial charge in [-0.05, 0) is 50.1 Å². The van der Waals surface area contributed by atoms with Gasteiger partial charge in [0, 0.05) is 42.0 Å². The third-order valence-electron chi connectivity index (χ3n) is 4.65. The Morgan fingerprint density at radius 1 is 1.12 bits per heavy atom. The van der Waals surface area contributed by atoms with Crippen molar-refractivity contribution in [3.8, 4) is 0 Å². The highest BCUT2D eigenvalue weighted by Crippen LogP contribution is 2.34. The van der Waals surface area contributed by atoms with Crippen molar-refractivity contribution in [2.75, 3.05) is 0 Å². The molecule has 0 fully saturated rings. The molecule has 1 atom stereocenters. The first-order chi connectivity index (χ1) is 12.5. The number of nitrogens with zero attached hydrogens (tertiary/aromatic N) is 1. The molecule has 3 aromatic rings. The molecule has 1 N–H and O–H groups in total. The summed E-state index contributed by atoms with van der Waals surface area (Å²) >= 11 is 0. The second-order valence-electron chi connectivity index (χ2n) is 6.92. The molecule has 0 aliphatic rings. The average Bonchev–Trinajstić information content (AvgIpc) is 2.99. The minimum Gasteiger partial charge on any atom is -0.354 e. The molecule has 136 valence electrons. The zero-order valence-corrected chi connectivity index (χ0v) is 15.5. The molecule has 1 unspecified atom stereocenters. The third kappa shape index (κ3) is 3.79. The fourth-order valence-corrected chi connectivity index (χ4v) is 3.48. The SMILES string of the molecule is CCn1cc(C(CC(=O)NC(C)C)c2ccc(F)cc2)c2ccccc21. The Balaban J connectivity index is 2.08. The summed E-state index contributed by atoms with van der Waals surface area (Å²) in [6.45, 7) is 6.87. The number of carbonyl (C=O) groups excluding carboxylic acids is 1. The van der Waals surface area contributed by atoms with E-state index in [9.17, 15) is 9.18 Å². The molecule has 0 aliphatic heterocycles. The number of benzene rings is 2. The summed E-state index contributed by atoms with van der Waals surface area (Å²) in [5.41, 5.74) is 3.21. The van der Waals surface area contributed by atoms with Crippen molar-refractivity contribution in [2.45, 2.75) is 45.7 Å². The molecule has 4 heteroatoms. The zero-order valence-electron chi connectivity index (χ0n) is 15.5. The van der Waals surface area contributed by atoms with Crippen molar-refractivity contribution in [3.63, 3.8) is 0 Å². The Bertz CT molecular complexity index is 896. The summed E-state index contributed by atoms with van der Waals surface area (Å²) in [4.78, 5) is 12.5. The second-order valence-corrected chi connectivity index (χ2v) is 6.92. The quantitative estimate of drug-likeness (QED) is 0.676. The molecule has 2 aromatic carbocycles. The molecule has 26 heavy (non-hydrogen) atoms. The smallest absolute Gasteiger partial charge is 0.221 e. The summed E-state index contributed by atoms with van der Waals surface area (Å²) in [6.07, 6.45) is 2.46. The van der Waals surface area contributed by atoms with Gasteiger partial charge in [-0.25, -0.2) is 4.39 Å². The van der Waals surface area contributed by atoms with Gasteiger partial charge in [0.25, 0.3) is 0 Å². The summed E-state index contributed by atoms with van der Waals surface area (Å²) < 4.78 is 15.6. The van der Waals surface area contributed by atoms with Gasteiger partial charge in [-0.2, -0.15) is 0 Å². The monoisotopic (exact) mass is 352 g/mol. The lowest BCUT2D eigenvalue weighted by molar-refractivity contribution is -0.121. The van der Waals surface area contributed by atoms with Crippen LogP contribution in [0.2, 0.25) is 0 Å². The highest BCUT2D eigenvalue weighted by molar-refractivity contribution is 5.86. The minimum atomic E-state index is -0.268. The fraction of sp³-hybridized carbons (Fsp3) is 0.318. The largest absolute Gasteiger partial charge is 0.354 e. The number of halogens is 1. The van der Waals surface area contributed by atoms with Gasteiger partial charge in [-0.15, -0.1) is 0 Å². The van der Waals surface area contributed by atoms with E-state index in [1.165, 1.54) is 12.1 Å². The van der Waals surface area contributed by atoms with Crippen molar-refractivity contribution in [2.24, 2.45) is 0 Å². The van der Waals surface area contributed by atoms with Crippen LogP contribution in [0.25, 0.3) is 10.9 Å². The van der Waals surface area contributed by atoms with Crippen LogP contribution >= 0.6 is 0 Å². The van der Waals surface area contributed by atoms with E-state index < -0.39 is 0 Å². The van der Waals surface area contributed by atoms with E-state index in [-0.39, 0.29) is 23.7 Å². The lowest BCUT2D eigenvalue weighted by Gasteiger charge is -2.18. The Morgan fingerprint density at radius 2 is 1.81 bits per heavy atom. The maximum atomic E-state index is 13.4. The number of amides is 1. The Labute approximate surface area is 153 Å². The first-order valence-electron chi connectivity index (χ1n) is 9.12. The van der Waals surface area contributed by atoms with Crippen molar-refractivity contribution in [1.29, 1.82) is 0 Å². The predicted octanol–water partition coefficient (Wildman–Crippen LogP) is 4.85. The summed E-state index contributed by atoms with van der Waals surface area (Å²) in [5.74, 6) is -0.384. The standard InChI is InChI=1S/C22H25FN2O/c1-4-25-14-20(18-7-5-6-8-21(18)25)19(13-22(26)24-15(2)3)16-9-11-17(23)12-10-16/h5-12,14-15,19H,4,13H2,1-3H3,(H,24,26). The maximum absolute atomic E-state index is 13.4. The van der Waals surface area contributed by atoms with E-state index in [0.29, 0.717) is 6.42 Å². The number of hydrogen-bond donors (Lipinski definition) is 1. The third-order valence-corrected chi connectivity index (χ3v) is 4.65. The summed E-state index contributed by atoms with van der Waals surface area (Å²) in [5, 5.41) is 4.11. The van der Waals surface area contributed by atoms with Gasteiger partial charge in [0.1, 0.15) is 5.82 Å². The number of carbonyl (C=O) groups is 1. The number of aromatic nitrogens is 1. The Kier molecular flexibility index (Phi) is 5.40. The van der Waals surface area contributed by atoms with Gasteiger partial charge in [0.2, 0.25) is 5.91 Å². The summed E-state index contributed by atoms with van der Waals surface area (Å²) in [6, 6.07) is 14.8. The Morgan fingerprint density at radius 3 is 2.46 bits per heavy atom. The lowest BCUT2D eigenvalue weighted by Crippen LogP contribution is -2.31. The number of fused-ring (bicyclic) bond motifs is 1. The van der Waals surface area contributed by atoms with Crippen LogP contribution in [0.15, 0.2) is 54.7 Å². The zero-order chi connectivity index (χ0) is 18.7. The second kappa shape index (κ2) is 7.73. The molecule has 1 heterocycles. The molecular formula is C22H25FN2O. The van der Waals surface area contributed by atoms with Gasteiger partial charge >= 0.3 is 0 Å². The van der Waals surface area contributed by atoms with Crippen LogP contribution in [0.3, 0.4) is 0 Å². The molecule has 0 spiro atoms. The van der Waals surface area contributed by atoms with Crippen molar-refractivity contribution in [1.82, 2.24) is 9.88 Å². The van der Waals surface area contributed by atoms with Crippen LogP contribution in [0.1, 0.15) is 44.2 Å². The molecule has 1 aromatic heterocycles. The van der Waals surface area contributed by atoms with Gasteiger partial charge in [0.05, 0.1) is 0 Å². The van der Waals surface area contributed by atoms with Crippen LogP contribution in [0.5, 0.6) is 0 Å². The molecule has 1 amide bonds. The topological polar surface area (TPSA) is 34.0 Å². The van der Waals surface area contributed by atoms with Gasteiger partial charge in [-0.3, -0.25) is 4.79 Å². The van der Waals surface area contributed by atoms with Gasteiger partial charge in [-0.1, -0.05) is 30.3 Å². The minimum absolute atomic E-state index is 0.00246. The number of para-hydroxylation sites is 1. The van der Waals surface area contributed by atoms with E-state index >= 15 is 0 Å². The summed E-state index contributed by atoms with van der Waals surface area (Å²) in [7, 11) is 0. The molecular weight excluding hydrogens is 327 g/mol. The maximum Gasteiger partial charge on any atom is 0.221 e. The van der Waals surface area contributed by atoms with E-state index in [4.69, 9.17) is 0 Å². The van der Waals surface area contributed by atoms with Gasteiger partial charge in [0.15, 0.2) is 0 Å². The van der Waals surface area contributed by atoms with Crippen LogP contribution in [0.4, 0.5) is 4.39 Å². The van der Waals surface area contributed by atoms with Crippen LogP contribution in [0, 0.1) is 5.82 Å². The van der Waals surface area contributed by atoms with Crippen LogP contribution in [-0.2, 0) is 11.3 Å².